The number of aliphatic imine (C=N–C) groups is 1. The number of hydrogen-bond donors (Lipinski definition) is 1. The maximum Gasteiger partial charge on any atom is 0.248 e. The summed E-state index contributed by atoms with van der Waals surface area (Å²) in [5.74, 6) is 0.599. The number of fused-ring (bicyclic) bond motifs is 1. The number of anilines is 1. The molecule has 0 bridgehead atoms. The largest absolute Gasteiger partial charge is 0.356 e. The van der Waals surface area contributed by atoms with Gasteiger partial charge in [0.1, 0.15) is 6.54 Å². The Labute approximate surface area is 191 Å². The molecule has 7 nitrogen and oxygen atoms in total. The van der Waals surface area contributed by atoms with Crippen molar-refractivity contribution in [2.75, 3.05) is 51.2 Å². The molecule has 8 heteroatoms. The van der Waals surface area contributed by atoms with Crippen molar-refractivity contribution in [2.24, 2.45) is 4.99 Å². The smallest absolute Gasteiger partial charge is 0.248 e. The van der Waals surface area contributed by atoms with Crippen molar-refractivity contribution in [3.63, 3.8) is 0 Å². The van der Waals surface area contributed by atoms with E-state index in [-0.39, 0.29) is 48.9 Å². The number of benzene rings is 1. The Morgan fingerprint density at radius 1 is 1.17 bits per heavy atom. The number of nitrogens with one attached hydrogen (secondary N) is 1. The number of likely N-dealkylation sites (N-methyl/N-ethyl adjacent to an activating group) is 2. The van der Waals surface area contributed by atoms with Crippen LogP contribution in [0.5, 0.6) is 0 Å². The van der Waals surface area contributed by atoms with Crippen LogP contribution in [0.25, 0.3) is 0 Å². The lowest BCUT2D eigenvalue weighted by Gasteiger charge is -2.29. The summed E-state index contributed by atoms with van der Waals surface area (Å²) < 4.78 is 0. The van der Waals surface area contributed by atoms with E-state index in [1.54, 1.807) is 9.80 Å². The van der Waals surface area contributed by atoms with Crippen LogP contribution in [-0.2, 0) is 16.0 Å². The summed E-state index contributed by atoms with van der Waals surface area (Å²) in [5.41, 5.74) is 2.20. The molecule has 0 radical (unpaired) electrons. The fraction of sp³-hybridized carbons (Fsp3) is 0.571. The Balaban J connectivity index is 0.00000420. The first-order chi connectivity index (χ1) is 13.5. The van der Waals surface area contributed by atoms with E-state index in [9.17, 15) is 9.59 Å². The molecule has 162 valence electrons. The topological polar surface area (TPSA) is 68.2 Å². The predicted octanol–water partition coefficient (Wildman–Crippen LogP) is 2.35. The quantitative estimate of drug-likeness (QED) is 0.344. The van der Waals surface area contributed by atoms with Crippen LogP contribution in [0.3, 0.4) is 0 Å². The number of para-hydroxylation sites is 1. The van der Waals surface area contributed by atoms with Crippen LogP contribution in [0.1, 0.15) is 32.8 Å². The minimum absolute atomic E-state index is 0. The fourth-order valence-electron chi connectivity index (χ4n) is 3.44. The zero-order valence-electron chi connectivity index (χ0n) is 18.0. The fourth-order valence-corrected chi connectivity index (χ4v) is 3.44. The second-order valence-corrected chi connectivity index (χ2v) is 6.87. The molecule has 0 aliphatic carbocycles. The van der Waals surface area contributed by atoms with Gasteiger partial charge in [0.05, 0.1) is 6.54 Å². The number of rotatable bonds is 7. The van der Waals surface area contributed by atoms with Gasteiger partial charge in [-0.2, -0.15) is 0 Å². The number of carbonyl (C=O) groups excluding carboxylic acids is 2. The van der Waals surface area contributed by atoms with Gasteiger partial charge in [-0.25, -0.2) is 4.99 Å². The van der Waals surface area contributed by atoms with E-state index in [1.165, 1.54) is 5.56 Å². The molecule has 1 heterocycles. The average molecular weight is 515 g/mol. The maximum atomic E-state index is 12.8. The van der Waals surface area contributed by atoms with Crippen molar-refractivity contribution in [2.45, 2.75) is 33.6 Å². The van der Waals surface area contributed by atoms with Crippen LogP contribution in [0, 0.1) is 0 Å². The molecule has 1 aliphatic heterocycles. The van der Waals surface area contributed by atoms with Crippen LogP contribution in [0.15, 0.2) is 29.3 Å². The number of halogens is 1. The summed E-state index contributed by atoms with van der Waals surface area (Å²) in [5, 5.41) is 3.17. The molecule has 0 fully saturated rings. The summed E-state index contributed by atoms with van der Waals surface area (Å²) in [7, 11) is 1.82. The van der Waals surface area contributed by atoms with Gasteiger partial charge in [-0.1, -0.05) is 18.2 Å². The molecule has 1 aliphatic rings. The Hall–Kier alpha value is -1.84. The van der Waals surface area contributed by atoms with Gasteiger partial charge in [0, 0.05) is 38.9 Å². The lowest BCUT2D eigenvalue weighted by Crippen LogP contribution is -2.46. The summed E-state index contributed by atoms with van der Waals surface area (Å²) >= 11 is 0. The van der Waals surface area contributed by atoms with Gasteiger partial charge in [0.2, 0.25) is 11.8 Å². The molecule has 0 unspecified atom stereocenters. The molecule has 1 aromatic rings. The van der Waals surface area contributed by atoms with E-state index < -0.39 is 0 Å². The van der Waals surface area contributed by atoms with Gasteiger partial charge in [-0.3, -0.25) is 9.59 Å². The molecule has 2 amide bonds. The van der Waals surface area contributed by atoms with Crippen molar-refractivity contribution in [1.29, 1.82) is 0 Å². The van der Waals surface area contributed by atoms with Crippen molar-refractivity contribution < 1.29 is 9.59 Å². The molecule has 0 saturated carbocycles. The highest BCUT2D eigenvalue weighted by Crippen LogP contribution is 2.26. The predicted molar refractivity (Wildman–Crippen MR) is 129 cm³/mol. The van der Waals surface area contributed by atoms with Gasteiger partial charge in [0.15, 0.2) is 5.96 Å². The molecule has 0 aromatic heterocycles. The van der Waals surface area contributed by atoms with Gasteiger partial charge in [0.25, 0.3) is 0 Å². The standard InChI is InChI=1S/C21H33N5O2.HI/c1-5-22-21(24(4)16-20(28)25(6-2)7-3)23-15-19(27)26-14-10-12-17-11-8-9-13-18(17)26;/h8-9,11,13H,5-7,10,12,14-16H2,1-4H3,(H,22,23);1H. The second-order valence-electron chi connectivity index (χ2n) is 6.87. The van der Waals surface area contributed by atoms with E-state index in [2.05, 4.69) is 16.4 Å². The zero-order valence-corrected chi connectivity index (χ0v) is 20.3. The van der Waals surface area contributed by atoms with Crippen LogP contribution >= 0.6 is 24.0 Å². The van der Waals surface area contributed by atoms with E-state index in [0.717, 1.165) is 25.1 Å². The molecule has 1 N–H and O–H groups in total. The minimum Gasteiger partial charge on any atom is -0.356 e. The Morgan fingerprint density at radius 3 is 2.52 bits per heavy atom. The highest BCUT2D eigenvalue weighted by atomic mass is 127. The van der Waals surface area contributed by atoms with Crippen LogP contribution < -0.4 is 10.2 Å². The average Bonchev–Trinajstić information content (AvgIpc) is 2.71. The minimum atomic E-state index is -0.0222. The molecule has 1 aromatic carbocycles. The van der Waals surface area contributed by atoms with E-state index in [0.29, 0.717) is 25.6 Å². The molecule has 0 atom stereocenters. The summed E-state index contributed by atoms with van der Waals surface area (Å²) in [6.07, 6.45) is 1.97. The molecular formula is C21H34IN5O2. The zero-order chi connectivity index (χ0) is 20.5. The molecule has 0 saturated heterocycles. The normalized spacial score (nSPS) is 13.2. The molecular weight excluding hydrogens is 481 g/mol. The monoisotopic (exact) mass is 515 g/mol. The van der Waals surface area contributed by atoms with Crippen molar-refractivity contribution in [3.8, 4) is 0 Å². The number of aryl methyl sites for hydroxylation is 1. The third kappa shape index (κ3) is 6.87. The number of amides is 2. The number of carbonyl (C=O) groups is 2. The Kier molecular flexibility index (Phi) is 11.0. The van der Waals surface area contributed by atoms with Gasteiger partial charge in [-0.15, -0.1) is 24.0 Å². The van der Waals surface area contributed by atoms with Gasteiger partial charge >= 0.3 is 0 Å². The summed E-state index contributed by atoms with van der Waals surface area (Å²) in [6.45, 7) is 8.95. The molecule has 29 heavy (non-hydrogen) atoms. The number of nitrogens with zero attached hydrogens (tertiary/aromatic N) is 4. The van der Waals surface area contributed by atoms with Gasteiger partial charge < -0.3 is 20.0 Å². The first kappa shape index (κ1) is 25.2. The van der Waals surface area contributed by atoms with Crippen LogP contribution in [-0.4, -0.2) is 73.9 Å². The first-order valence-electron chi connectivity index (χ1n) is 10.2. The van der Waals surface area contributed by atoms with E-state index in [1.807, 2.05) is 50.9 Å². The summed E-state index contributed by atoms with van der Waals surface area (Å²) in [4.78, 5) is 35.1. The highest BCUT2D eigenvalue weighted by molar-refractivity contribution is 14.0. The van der Waals surface area contributed by atoms with E-state index in [4.69, 9.17) is 0 Å². The Morgan fingerprint density at radius 2 is 1.86 bits per heavy atom. The third-order valence-corrected chi connectivity index (χ3v) is 4.96. The lowest BCUT2D eigenvalue weighted by atomic mass is 10.0. The van der Waals surface area contributed by atoms with Crippen molar-refractivity contribution in [3.05, 3.63) is 29.8 Å². The highest BCUT2D eigenvalue weighted by Gasteiger charge is 2.22. The number of guanidine groups is 1. The van der Waals surface area contributed by atoms with Crippen LogP contribution in [0.4, 0.5) is 5.69 Å². The number of hydrogen-bond acceptors (Lipinski definition) is 3. The first-order valence-corrected chi connectivity index (χ1v) is 10.2. The van der Waals surface area contributed by atoms with Gasteiger partial charge in [-0.05, 0) is 45.2 Å². The van der Waals surface area contributed by atoms with Crippen molar-refractivity contribution >= 4 is 47.4 Å². The second kappa shape index (κ2) is 12.7. The third-order valence-electron chi connectivity index (χ3n) is 4.96. The maximum absolute atomic E-state index is 12.8. The summed E-state index contributed by atoms with van der Waals surface area (Å²) in [6, 6.07) is 8.05. The SMILES string of the molecule is CCNC(=NCC(=O)N1CCCc2ccccc21)N(C)CC(=O)N(CC)CC.I. The molecule has 0 spiro atoms. The van der Waals surface area contributed by atoms with Crippen LogP contribution in [0.2, 0.25) is 0 Å². The lowest BCUT2D eigenvalue weighted by molar-refractivity contribution is -0.131. The molecule has 2 rings (SSSR count). The van der Waals surface area contributed by atoms with Crippen molar-refractivity contribution in [1.82, 2.24) is 15.1 Å². The Bertz CT molecular complexity index is 706. The van der Waals surface area contributed by atoms with E-state index >= 15 is 0 Å².